The van der Waals surface area contributed by atoms with Crippen molar-refractivity contribution in [2.75, 3.05) is 38.1 Å². The number of nitrogens with zero attached hydrogens (tertiary/aromatic N) is 2. The van der Waals surface area contributed by atoms with E-state index in [1.165, 1.54) is 12.7 Å². The zero-order valence-corrected chi connectivity index (χ0v) is 14.9. The van der Waals surface area contributed by atoms with Crippen LogP contribution in [0.2, 0.25) is 0 Å². The van der Waals surface area contributed by atoms with Gasteiger partial charge in [-0.3, -0.25) is 15.0 Å². The number of benzene rings is 2. The molecule has 1 heterocycles. The first kappa shape index (κ1) is 17.9. The highest BCUT2D eigenvalue weighted by Gasteiger charge is 2.31. The molecule has 6 heteroatoms. The van der Waals surface area contributed by atoms with Crippen LogP contribution in [0.15, 0.2) is 60.7 Å². The fourth-order valence-electron chi connectivity index (χ4n) is 3.28. The lowest BCUT2D eigenvalue weighted by Crippen LogP contribution is -2.52. The summed E-state index contributed by atoms with van der Waals surface area (Å²) in [5.41, 5.74) is 2.08. The van der Waals surface area contributed by atoms with E-state index in [0.29, 0.717) is 0 Å². The van der Waals surface area contributed by atoms with Gasteiger partial charge in [0.25, 0.3) is 0 Å². The molecule has 0 spiro atoms. The standard InChI is InChI=1S/C20H24N4O2/c1-21-20(26)22-19(25)18(16-8-4-2-5-9-16)24-14-12-23(13-15-24)17-10-6-3-7-11-17/h2-11,18H,12-15H2,1H3,(H2,21,22,25,26)/t18-/m1/s1. The Balaban J connectivity index is 1.74. The summed E-state index contributed by atoms with van der Waals surface area (Å²) >= 11 is 0. The number of piperazine rings is 1. The Morgan fingerprint density at radius 2 is 1.46 bits per heavy atom. The number of amides is 3. The van der Waals surface area contributed by atoms with Crippen LogP contribution in [0.3, 0.4) is 0 Å². The maximum absolute atomic E-state index is 12.7. The maximum atomic E-state index is 12.7. The molecule has 2 N–H and O–H groups in total. The van der Waals surface area contributed by atoms with Crippen molar-refractivity contribution in [2.45, 2.75) is 6.04 Å². The van der Waals surface area contributed by atoms with Gasteiger partial charge in [0.1, 0.15) is 6.04 Å². The second-order valence-electron chi connectivity index (χ2n) is 6.24. The van der Waals surface area contributed by atoms with Crippen molar-refractivity contribution >= 4 is 17.6 Å². The molecule has 2 aromatic carbocycles. The number of nitrogens with one attached hydrogen (secondary N) is 2. The van der Waals surface area contributed by atoms with Gasteiger partial charge in [0, 0.05) is 38.9 Å². The van der Waals surface area contributed by atoms with E-state index in [4.69, 9.17) is 0 Å². The summed E-state index contributed by atoms with van der Waals surface area (Å²) < 4.78 is 0. The Morgan fingerprint density at radius 1 is 0.885 bits per heavy atom. The summed E-state index contributed by atoms with van der Waals surface area (Å²) in [6.45, 7) is 3.16. The largest absolute Gasteiger partial charge is 0.369 e. The number of urea groups is 1. The number of anilines is 1. The topological polar surface area (TPSA) is 64.7 Å². The minimum atomic E-state index is -0.487. The van der Waals surface area contributed by atoms with E-state index in [-0.39, 0.29) is 5.91 Å². The van der Waals surface area contributed by atoms with Crippen molar-refractivity contribution in [2.24, 2.45) is 0 Å². The SMILES string of the molecule is CNC(=O)NC(=O)[C@@H](c1ccccc1)N1CCN(c2ccccc2)CC1. The third-order valence-corrected chi connectivity index (χ3v) is 4.63. The summed E-state index contributed by atoms with van der Waals surface area (Å²) in [5, 5.41) is 4.86. The number of hydrogen-bond acceptors (Lipinski definition) is 4. The highest BCUT2D eigenvalue weighted by atomic mass is 16.2. The molecule has 1 atom stereocenters. The minimum Gasteiger partial charge on any atom is -0.369 e. The van der Waals surface area contributed by atoms with E-state index >= 15 is 0 Å². The predicted octanol–water partition coefficient (Wildman–Crippen LogP) is 2.01. The van der Waals surface area contributed by atoms with E-state index < -0.39 is 12.1 Å². The lowest BCUT2D eigenvalue weighted by Gasteiger charge is -2.39. The highest BCUT2D eigenvalue weighted by molar-refractivity contribution is 5.97. The monoisotopic (exact) mass is 352 g/mol. The van der Waals surface area contributed by atoms with Crippen molar-refractivity contribution in [1.29, 1.82) is 0 Å². The van der Waals surface area contributed by atoms with Crippen molar-refractivity contribution < 1.29 is 9.59 Å². The van der Waals surface area contributed by atoms with E-state index in [9.17, 15) is 9.59 Å². The molecule has 1 aliphatic heterocycles. The molecule has 0 aliphatic carbocycles. The molecule has 2 aromatic rings. The fraction of sp³-hybridized carbons (Fsp3) is 0.300. The summed E-state index contributed by atoms with van der Waals surface area (Å²) in [7, 11) is 1.50. The Bertz CT molecular complexity index is 728. The molecule has 0 radical (unpaired) electrons. The molecule has 136 valence electrons. The fourth-order valence-corrected chi connectivity index (χ4v) is 3.28. The summed E-state index contributed by atoms with van der Waals surface area (Å²) in [5.74, 6) is -0.302. The molecular formula is C20H24N4O2. The first-order valence-corrected chi connectivity index (χ1v) is 8.80. The van der Waals surface area contributed by atoms with Crippen LogP contribution in [0.25, 0.3) is 0 Å². The first-order chi connectivity index (χ1) is 12.7. The molecule has 3 amide bonds. The molecule has 26 heavy (non-hydrogen) atoms. The molecule has 6 nitrogen and oxygen atoms in total. The van der Waals surface area contributed by atoms with Crippen molar-refractivity contribution in [3.05, 3.63) is 66.2 Å². The molecule has 0 bridgehead atoms. The van der Waals surface area contributed by atoms with E-state index in [1.54, 1.807) is 0 Å². The van der Waals surface area contributed by atoms with Crippen LogP contribution in [-0.4, -0.2) is 50.1 Å². The average Bonchev–Trinajstić information content (AvgIpc) is 2.70. The molecule has 0 aromatic heterocycles. The van der Waals surface area contributed by atoms with Gasteiger partial charge in [0.05, 0.1) is 0 Å². The van der Waals surface area contributed by atoms with Crippen LogP contribution in [-0.2, 0) is 4.79 Å². The molecule has 3 rings (SSSR count). The van der Waals surface area contributed by atoms with Gasteiger partial charge in [-0.2, -0.15) is 0 Å². The smallest absolute Gasteiger partial charge is 0.321 e. The van der Waals surface area contributed by atoms with Gasteiger partial charge in [-0.1, -0.05) is 48.5 Å². The van der Waals surface area contributed by atoms with Crippen molar-refractivity contribution in [1.82, 2.24) is 15.5 Å². The third-order valence-electron chi connectivity index (χ3n) is 4.63. The number of hydrogen-bond donors (Lipinski definition) is 2. The Kier molecular flexibility index (Phi) is 5.86. The quantitative estimate of drug-likeness (QED) is 0.883. The van der Waals surface area contributed by atoms with Crippen molar-refractivity contribution in [3.63, 3.8) is 0 Å². The molecule has 0 saturated carbocycles. The second kappa shape index (κ2) is 8.49. The lowest BCUT2D eigenvalue weighted by molar-refractivity contribution is -0.125. The van der Waals surface area contributed by atoms with Gasteiger partial charge in [0.2, 0.25) is 5.91 Å². The molecule has 1 aliphatic rings. The lowest BCUT2D eigenvalue weighted by atomic mass is 10.0. The Labute approximate surface area is 153 Å². The normalized spacial score (nSPS) is 16.0. The van der Waals surface area contributed by atoms with E-state index in [0.717, 1.165) is 31.7 Å². The highest BCUT2D eigenvalue weighted by Crippen LogP contribution is 2.24. The number of carbonyl (C=O) groups excluding carboxylic acids is 2. The number of para-hydroxylation sites is 1. The molecule has 1 saturated heterocycles. The number of rotatable bonds is 4. The van der Waals surface area contributed by atoms with Crippen LogP contribution < -0.4 is 15.5 Å². The molecular weight excluding hydrogens is 328 g/mol. The van der Waals surface area contributed by atoms with E-state index in [1.807, 2.05) is 48.5 Å². The first-order valence-electron chi connectivity index (χ1n) is 8.80. The summed E-state index contributed by atoms with van der Waals surface area (Å²) in [6.07, 6.45) is 0. The van der Waals surface area contributed by atoms with Crippen LogP contribution in [0, 0.1) is 0 Å². The molecule has 1 fully saturated rings. The number of carbonyl (C=O) groups is 2. The summed E-state index contributed by atoms with van der Waals surface area (Å²) in [4.78, 5) is 28.8. The van der Waals surface area contributed by atoms with Crippen LogP contribution in [0.1, 0.15) is 11.6 Å². The Hall–Kier alpha value is -2.86. The van der Waals surface area contributed by atoms with Gasteiger partial charge in [-0.05, 0) is 17.7 Å². The average molecular weight is 352 g/mol. The predicted molar refractivity (Wildman–Crippen MR) is 102 cm³/mol. The van der Waals surface area contributed by atoms with E-state index in [2.05, 4.69) is 32.6 Å². The van der Waals surface area contributed by atoms with Crippen LogP contribution >= 0.6 is 0 Å². The Morgan fingerprint density at radius 3 is 2.04 bits per heavy atom. The zero-order chi connectivity index (χ0) is 18.4. The van der Waals surface area contributed by atoms with Gasteiger partial charge in [-0.15, -0.1) is 0 Å². The number of imide groups is 1. The molecule has 0 unspecified atom stereocenters. The van der Waals surface area contributed by atoms with Gasteiger partial charge < -0.3 is 10.2 Å². The van der Waals surface area contributed by atoms with Gasteiger partial charge in [0.15, 0.2) is 0 Å². The van der Waals surface area contributed by atoms with Gasteiger partial charge >= 0.3 is 6.03 Å². The zero-order valence-electron chi connectivity index (χ0n) is 14.9. The van der Waals surface area contributed by atoms with Crippen molar-refractivity contribution in [3.8, 4) is 0 Å². The second-order valence-corrected chi connectivity index (χ2v) is 6.24. The van der Waals surface area contributed by atoms with Crippen LogP contribution in [0.4, 0.5) is 10.5 Å². The third kappa shape index (κ3) is 4.21. The van der Waals surface area contributed by atoms with Crippen LogP contribution in [0.5, 0.6) is 0 Å². The van der Waals surface area contributed by atoms with Gasteiger partial charge in [-0.25, -0.2) is 4.79 Å². The summed E-state index contributed by atoms with van der Waals surface area (Å²) in [6, 6.07) is 18.9. The minimum absolute atomic E-state index is 0.302. The maximum Gasteiger partial charge on any atom is 0.321 e.